The summed E-state index contributed by atoms with van der Waals surface area (Å²) >= 11 is 0. The first kappa shape index (κ1) is 13.3. The molecule has 1 atom stereocenters. The molecule has 0 amide bonds. The van der Waals surface area contributed by atoms with Crippen molar-refractivity contribution in [3.05, 3.63) is 17.6 Å². The van der Waals surface area contributed by atoms with Crippen LogP contribution in [-0.2, 0) is 16.3 Å². The fraction of sp³-hybridized carbons (Fsp3) is 0.667. The lowest BCUT2D eigenvalue weighted by Crippen LogP contribution is -2.11. The number of hydrogen-bond acceptors (Lipinski definition) is 5. The van der Waals surface area contributed by atoms with Gasteiger partial charge in [0.05, 0.1) is 11.5 Å². The van der Waals surface area contributed by atoms with Crippen LogP contribution in [0, 0.1) is 0 Å². The van der Waals surface area contributed by atoms with Crippen molar-refractivity contribution < 1.29 is 8.42 Å². The Morgan fingerprint density at radius 3 is 2.72 bits per heavy atom. The topological polar surface area (TPSA) is 72.0 Å². The first-order valence-electron chi connectivity index (χ1n) is 6.36. The van der Waals surface area contributed by atoms with Gasteiger partial charge in [-0.1, -0.05) is 6.92 Å². The maximum absolute atomic E-state index is 11.5. The number of rotatable bonds is 4. The SMILES string of the molecule is CCNc1cc(CC)nc(C2CCS(=O)(=O)C2)n1. The van der Waals surface area contributed by atoms with Gasteiger partial charge in [0.25, 0.3) is 0 Å². The molecule has 1 saturated heterocycles. The Hall–Kier alpha value is -1.17. The Bertz CT molecular complexity index is 528. The van der Waals surface area contributed by atoms with E-state index in [1.165, 1.54) is 0 Å². The first-order valence-corrected chi connectivity index (χ1v) is 8.18. The van der Waals surface area contributed by atoms with E-state index in [2.05, 4.69) is 15.3 Å². The third-order valence-corrected chi connectivity index (χ3v) is 4.88. The van der Waals surface area contributed by atoms with Crippen LogP contribution in [0.25, 0.3) is 0 Å². The Morgan fingerprint density at radius 1 is 1.39 bits per heavy atom. The summed E-state index contributed by atoms with van der Waals surface area (Å²) in [4.78, 5) is 8.90. The van der Waals surface area contributed by atoms with E-state index in [1.54, 1.807) is 0 Å². The third-order valence-electron chi connectivity index (χ3n) is 3.11. The molecule has 0 spiro atoms. The van der Waals surface area contributed by atoms with E-state index in [4.69, 9.17) is 0 Å². The van der Waals surface area contributed by atoms with E-state index in [1.807, 2.05) is 19.9 Å². The van der Waals surface area contributed by atoms with Crippen LogP contribution in [0.2, 0.25) is 0 Å². The highest BCUT2D eigenvalue weighted by Crippen LogP contribution is 2.27. The summed E-state index contributed by atoms with van der Waals surface area (Å²) in [5.41, 5.74) is 0.959. The van der Waals surface area contributed by atoms with E-state index in [9.17, 15) is 8.42 Å². The van der Waals surface area contributed by atoms with Gasteiger partial charge in [-0.05, 0) is 19.8 Å². The summed E-state index contributed by atoms with van der Waals surface area (Å²) in [7, 11) is -2.89. The van der Waals surface area contributed by atoms with E-state index < -0.39 is 9.84 Å². The Labute approximate surface area is 108 Å². The summed E-state index contributed by atoms with van der Waals surface area (Å²) in [6.07, 6.45) is 1.47. The highest BCUT2D eigenvalue weighted by molar-refractivity contribution is 7.91. The van der Waals surface area contributed by atoms with Crippen molar-refractivity contribution in [3.63, 3.8) is 0 Å². The van der Waals surface area contributed by atoms with Gasteiger partial charge in [-0.15, -0.1) is 0 Å². The highest BCUT2D eigenvalue weighted by Gasteiger charge is 2.31. The van der Waals surface area contributed by atoms with Crippen LogP contribution < -0.4 is 5.32 Å². The molecule has 0 aliphatic carbocycles. The van der Waals surface area contributed by atoms with E-state index in [-0.39, 0.29) is 17.4 Å². The fourth-order valence-electron chi connectivity index (χ4n) is 2.15. The Morgan fingerprint density at radius 2 is 2.17 bits per heavy atom. The summed E-state index contributed by atoms with van der Waals surface area (Å²) in [6, 6.07) is 1.93. The van der Waals surface area contributed by atoms with Gasteiger partial charge in [0.15, 0.2) is 9.84 Å². The molecule has 2 heterocycles. The van der Waals surface area contributed by atoms with Crippen molar-refractivity contribution >= 4 is 15.7 Å². The summed E-state index contributed by atoms with van der Waals surface area (Å²) in [5, 5.41) is 3.17. The van der Waals surface area contributed by atoms with E-state index in [0.717, 1.165) is 24.5 Å². The molecule has 0 aromatic carbocycles. The van der Waals surface area contributed by atoms with Crippen molar-refractivity contribution in [1.82, 2.24) is 9.97 Å². The fourth-order valence-corrected chi connectivity index (χ4v) is 3.89. The van der Waals surface area contributed by atoms with Gasteiger partial charge in [0.2, 0.25) is 0 Å². The van der Waals surface area contributed by atoms with Gasteiger partial charge in [0.1, 0.15) is 11.6 Å². The van der Waals surface area contributed by atoms with Crippen LogP contribution in [0.4, 0.5) is 5.82 Å². The molecule has 100 valence electrons. The average Bonchev–Trinajstić information content (AvgIpc) is 2.70. The summed E-state index contributed by atoms with van der Waals surface area (Å²) in [6.45, 7) is 4.84. The van der Waals surface area contributed by atoms with Crippen molar-refractivity contribution in [3.8, 4) is 0 Å². The highest BCUT2D eigenvalue weighted by atomic mass is 32.2. The number of aromatic nitrogens is 2. The van der Waals surface area contributed by atoms with Crippen LogP contribution in [0.15, 0.2) is 6.07 Å². The van der Waals surface area contributed by atoms with Crippen molar-refractivity contribution in [1.29, 1.82) is 0 Å². The molecule has 1 N–H and O–H groups in total. The van der Waals surface area contributed by atoms with Gasteiger partial charge >= 0.3 is 0 Å². The molecule has 0 bridgehead atoms. The number of sulfone groups is 1. The van der Waals surface area contributed by atoms with Crippen LogP contribution in [0.5, 0.6) is 0 Å². The molecular weight excluding hydrogens is 250 g/mol. The summed E-state index contributed by atoms with van der Waals surface area (Å²) < 4.78 is 23.0. The van der Waals surface area contributed by atoms with Gasteiger partial charge in [-0.3, -0.25) is 0 Å². The average molecular weight is 269 g/mol. The molecule has 1 fully saturated rings. The summed E-state index contributed by atoms with van der Waals surface area (Å²) in [5.74, 6) is 1.87. The second-order valence-corrected chi connectivity index (χ2v) is 6.82. The zero-order chi connectivity index (χ0) is 13.2. The molecule has 1 aromatic rings. The Balaban J connectivity index is 2.29. The zero-order valence-corrected chi connectivity index (χ0v) is 11.6. The third kappa shape index (κ3) is 2.98. The van der Waals surface area contributed by atoms with Crippen LogP contribution in [-0.4, -0.2) is 36.4 Å². The minimum absolute atomic E-state index is 0.0427. The van der Waals surface area contributed by atoms with Crippen LogP contribution in [0.3, 0.4) is 0 Å². The van der Waals surface area contributed by atoms with E-state index >= 15 is 0 Å². The second-order valence-electron chi connectivity index (χ2n) is 4.59. The minimum Gasteiger partial charge on any atom is -0.370 e. The van der Waals surface area contributed by atoms with Gasteiger partial charge in [-0.25, -0.2) is 18.4 Å². The smallest absolute Gasteiger partial charge is 0.151 e. The standard InChI is InChI=1S/C12H19N3O2S/c1-3-10-7-11(13-4-2)15-12(14-10)9-5-6-18(16,17)8-9/h7,9H,3-6,8H2,1-2H3,(H,13,14,15). The predicted octanol–water partition coefficient (Wildman–Crippen LogP) is 1.37. The molecule has 1 aromatic heterocycles. The minimum atomic E-state index is -2.89. The lowest BCUT2D eigenvalue weighted by molar-refractivity contribution is 0.601. The molecule has 6 heteroatoms. The molecular formula is C12H19N3O2S. The number of aryl methyl sites for hydroxylation is 1. The lowest BCUT2D eigenvalue weighted by atomic mass is 10.1. The number of nitrogens with one attached hydrogen (secondary N) is 1. The first-order chi connectivity index (χ1) is 8.54. The molecule has 18 heavy (non-hydrogen) atoms. The molecule has 2 rings (SSSR count). The van der Waals surface area contributed by atoms with Crippen molar-refractivity contribution in [2.45, 2.75) is 32.6 Å². The molecule has 1 aliphatic rings. The second kappa shape index (κ2) is 5.22. The van der Waals surface area contributed by atoms with E-state index in [0.29, 0.717) is 12.2 Å². The van der Waals surface area contributed by atoms with Crippen LogP contribution >= 0.6 is 0 Å². The number of hydrogen-bond donors (Lipinski definition) is 1. The molecule has 1 unspecified atom stereocenters. The van der Waals surface area contributed by atoms with Gasteiger partial charge in [-0.2, -0.15) is 0 Å². The maximum atomic E-state index is 11.5. The largest absolute Gasteiger partial charge is 0.370 e. The normalized spacial score (nSPS) is 22.0. The number of anilines is 1. The zero-order valence-electron chi connectivity index (χ0n) is 10.8. The molecule has 1 aliphatic heterocycles. The maximum Gasteiger partial charge on any atom is 0.151 e. The van der Waals surface area contributed by atoms with Crippen molar-refractivity contribution in [2.24, 2.45) is 0 Å². The lowest BCUT2D eigenvalue weighted by Gasteiger charge is -2.11. The van der Waals surface area contributed by atoms with Gasteiger partial charge < -0.3 is 5.32 Å². The predicted molar refractivity (Wildman–Crippen MR) is 71.6 cm³/mol. The quantitative estimate of drug-likeness (QED) is 0.894. The Kier molecular flexibility index (Phi) is 3.85. The van der Waals surface area contributed by atoms with Crippen LogP contribution in [0.1, 0.15) is 37.7 Å². The molecule has 0 saturated carbocycles. The number of nitrogens with zero attached hydrogens (tertiary/aromatic N) is 2. The van der Waals surface area contributed by atoms with Crippen molar-refractivity contribution in [2.75, 3.05) is 23.4 Å². The monoisotopic (exact) mass is 269 g/mol. The van der Waals surface area contributed by atoms with Gasteiger partial charge in [0, 0.05) is 24.2 Å². The molecule has 0 radical (unpaired) electrons. The molecule has 5 nitrogen and oxygen atoms in total.